The fraction of sp³-hybridized carbons (Fsp3) is 0.161. The summed E-state index contributed by atoms with van der Waals surface area (Å²) in [4.78, 5) is 45.3. The molecule has 4 N–H and O–H groups in total. The van der Waals surface area contributed by atoms with Crippen molar-refractivity contribution in [1.29, 1.82) is 5.26 Å². The molecule has 0 saturated heterocycles. The molecule has 0 aliphatic rings. The molecule has 4 rings (SSSR count). The van der Waals surface area contributed by atoms with Crippen molar-refractivity contribution >= 4 is 49.7 Å². The van der Waals surface area contributed by atoms with E-state index in [4.69, 9.17) is 4.74 Å². The first-order valence-electron chi connectivity index (χ1n) is 14.3. The predicted molar refractivity (Wildman–Crippen MR) is 176 cm³/mol. The van der Waals surface area contributed by atoms with Gasteiger partial charge in [0.25, 0.3) is 20.0 Å². The molecule has 0 spiro atoms. The maximum Gasteiger partial charge on any atom is 0.421 e. The quantitative estimate of drug-likeness (QED) is 0.166. The number of carbonyl (C=O) groups is 3. The van der Waals surface area contributed by atoms with E-state index < -0.39 is 50.5 Å². The highest BCUT2D eigenvalue weighted by atomic mass is 32.2. The summed E-state index contributed by atoms with van der Waals surface area (Å²) < 4.78 is 60.5. The minimum Gasteiger partial charge on any atom is -0.447 e. The Kier molecular flexibility index (Phi) is 11.5. The van der Waals surface area contributed by atoms with E-state index in [0.717, 1.165) is 23.0 Å². The van der Waals surface area contributed by atoms with E-state index in [1.165, 1.54) is 28.8 Å². The summed E-state index contributed by atoms with van der Waals surface area (Å²) in [5.41, 5.74) is 1.51. The van der Waals surface area contributed by atoms with Gasteiger partial charge in [-0.1, -0.05) is 65.7 Å². The number of nitrogens with one attached hydrogen (secondary N) is 4. The van der Waals surface area contributed by atoms with Crippen LogP contribution in [0.15, 0.2) is 100.0 Å². The largest absolute Gasteiger partial charge is 0.447 e. The Balaban J connectivity index is 1.53. The van der Waals surface area contributed by atoms with Crippen LogP contribution >= 0.6 is 0 Å². The van der Waals surface area contributed by atoms with Crippen molar-refractivity contribution < 1.29 is 36.0 Å². The second-order valence-corrected chi connectivity index (χ2v) is 13.6. The van der Waals surface area contributed by atoms with Crippen LogP contribution in [-0.4, -0.2) is 56.9 Å². The molecule has 0 bridgehead atoms. The fourth-order valence-corrected chi connectivity index (χ4v) is 5.88. The highest BCUT2D eigenvalue weighted by molar-refractivity contribution is 7.90. The number of rotatable bonds is 11. The second kappa shape index (κ2) is 15.7. The van der Waals surface area contributed by atoms with Gasteiger partial charge in [-0.15, -0.1) is 0 Å². The number of aromatic nitrogens is 2. The number of carbonyl (C=O) groups excluding carboxylic acids is 3. The highest BCUT2D eigenvalue weighted by Gasteiger charge is 2.24. The number of nitriles is 1. The van der Waals surface area contributed by atoms with Crippen molar-refractivity contribution in [2.75, 3.05) is 11.9 Å². The zero-order valence-electron chi connectivity index (χ0n) is 26.1. The van der Waals surface area contributed by atoms with Crippen LogP contribution in [0.1, 0.15) is 22.4 Å². The molecule has 4 aromatic rings. The zero-order chi connectivity index (χ0) is 35.6. The SMILES string of the molecule is Cc1ccc(S(=O)(=O)NC(=O)Nc2c(/C(C#N)=N/C(=O)NCc3ccccc3)ncn2CCOC(=O)NS(=O)(=O)c2ccc(C)cc2)cc1. The molecule has 0 unspecified atom stereocenters. The molecule has 1 aromatic heterocycles. The molecule has 1 heterocycles. The lowest BCUT2D eigenvalue weighted by Gasteiger charge is -2.13. The molecule has 18 heteroatoms. The average Bonchev–Trinajstić information content (AvgIpc) is 3.44. The van der Waals surface area contributed by atoms with E-state index in [1.807, 2.05) is 4.72 Å². The van der Waals surface area contributed by atoms with Crippen molar-refractivity contribution in [3.8, 4) is 6.07 Å². The number of hydrogen-bond acceptors (Lipinski definition) is 10. The van der Waals surface area contributed by atoms with Crippen molar-refractivity contribution in [3.63, 3.8) is 0 Å². The number of benzene rings is 3. The van der Waals surface area contributed by atoms with E-state index in [0.29, 0.717) is 0 Å². The van der Waals surface area contributed by atoms with E-state index in [9.17, 15) is 36.5 Å². The number of nitrogens with zero attached hydrogens (tertiary/aromatic N) is 4. The van der Waals surface area contributed by atoms with Gasteiger partial charge >= 0.3 is 18.2 Å². The number of ether oxygens (including phenoxy) is 1. The first-order chi connectivity index (χ1) is 23.3. The molecule has 3 aromatic carbocycles. The van der Waals surface area contributed by atoms with Crippen molar-refractivity contribution in [1.82, 2.24) is 24.3 Å². The Morgan fingerprint density at radius 3 is 2.00 bits per heavy atom. The first kappa shape index (κ1) is 35.8. The van der Waals surface area contributed by atoms with Gasteiger partial charge in [0.2, 0.25) is 0 Å². The first-order valence-corrected chi connectivity index (χ1v) is 17.3. The van der Waals surface area contributed by atoms with Crippen LogP contribution in [0.5, 0.6) is 0 Å². The lowest BCUT2D eigenvalue weighted by Crippen LogP contribution is -2.35. The Morgan fingerprint density at radius 2 is 1.43 bits per heavy atom. The Bertz CT molecular complexity index is 2130. The van der Waals surface area contributed by atoms with Gasteiger partial charge in [-0.3, -0.25) is 5.32 Å². The molecule has 0 aliphatic carbocycles. The molecule has 16 nitrogen and oxygen atoms in total. The van der Waals surface area contributed by atoms with Crippen LogP contribution in [0.25, 0.3) is 0 Å². The van der Waals surface area contributed by atoms with Crippen LogP contribution in [0.2, 0.25) is 0 Å². The van der Waals surface area contributed by atoms with Gasteiger partial charge < -0.3 is 14.6 Å². The van der Waals surface area contributed by atoms with Gasteiger partial charge in [-0.2, -0.15) is 10.3 Å². The highest BCUT2D eigenvalue weighted by Crippen LogP contribution is 2.18. The Labute approximate surface area is 281 Å². The maximum atomic E-state index is 13.0. The van der Waals surface area contributed by atoms with Gasteiger partial charge in [0.05, 0.1) is 22.7 Å². The zero-order valence-corrected chi connectivity index (χ0v) is 27.7. The van der Waals surface area contributed by atoms with E-state index >= 15 is 0 Å². The lowest BCUT2D eigenvalue weighted by molar-refractivity contribution is 0.148. The van der Waals surface area contributed by atoms with E-state index in [1.54, 1.807) is 79.2 Å². The number of urea groups is 2. The molecule has 0 atom stereocenters. The Morgan fingerprint density at radius 1 is 0.857 bits per heavy atom. The minimum atomic E-state index is -4.34. The number of anilines is 1. The number of amides is 5. The Hall–Kier alpha value is -6.06. The van der Waals surface area contributed by atoms with Crippen molar-refractivity contribution in [2.45, 2.75) is 36.7 Å². The van der Waals surface area contributed by atoms with Crippen LogP contribution in [0.3, 0.4) is 0 Å². The summed E-state index contributed by atoms with van der Waals surface area (Å²) in [5.74, 6) is -0.288. The van der Waals surface area contributed by atoms with Crippen molar-refractivity contribution in [3.05, 3.63) is 108 Å². The van der Waals surface area contributed by atoms with Gasteiger partial charge in [0, 0.05) is 6.54 Å². The number of aryl methyl sites for hydroxylation is 2. The normalized spacial score (nSPS) is 11.6. The molecule has 0 radical (unpaired) electrons. The van der Waals surface area contributed by atoms with Gasteiger partial charge in [-0.25, -0.2) is 45.6 Å². The number of aliphatic imine (C=N–C) groups is 1. The summed E-state index contributed by atoms with van der Waals surface area (Å²) in [6, 6.07) is 19.9. The van der Waals surface area contributed by atoms with E-state index in [-0.39, 0.29) is 34.4 Å². The third kappa shape index (κ3) is 9.96. The summed E-state index contributed by atoms with van der Waals surface area (Å²) in [7, 11) is -8.58. The molecule has 0 aliphatic heterocycles. The lowest BCUT2D eigenvalue weighted by atomic mass is 10.2. The van der Waals surface area contributed by atoms with Gasteiger partial charge in [-0.05, 0) is 43.7 Å². The van der Waals surface area contributed by atoms with E-state index in [2.05, 4.69) is 20.6 Å². The summed E-state index contributed by atoms with van der Waals surface area (Å²) in [5, 5.41) is 14.7. The number of hydrogen-bond donors (Lipinski definition) is 4. The molecule has 49 heavy (non-hydrogen) atoms. The summed E-state index contributed by atoms with van der Waals surface area (Å²) in [6.45, 7) is 2.87. The smallest absolute Gasteiger partial charge is 0.421 e. The van der Waals surface area contributed by atoms with Crippen LogP contribution in [0.4, 0.5) is 20.2 Å². The summed E-state index contributed by atoms with van der Waals surface area (Å²) in [6.07, 6.45) is -0.190. The molecule has 0 saturated carbocycles. The molecular weight excluding hydrogens is 677 g/mol. The van der Waals surface area contributed by atoms with Crippen LogP contribution < -0.4 is 20.1 Å². The second-order valence-electron chi connectivity index (χ2n) is 10.3. The third-order valence-electron chi connectivity index (χ3n) is 6.57. The predicted octanol–water partition coefficient (Wildman–Crippen LogP) is 3.35. The molecule has 0 fully saturated rings. The topological polar surface area (TPSA) is 231 Å². The standard InChI is InChI=1S/C31H30N8O8S2/c1-21-8-12-24(13-9-21)48(43,44)37-30(41)36-28-27(26(18-32)35-29(40)33-19-23-6-4-3-5-7-23)34-20-39(28)16-17-47-31(42)38-49(45,46)25-14-10-22(2)11-15-25/h3-15,20H,16-17,19H2,1-2H3,(H,33,40)(H,38,42)(H2,36,37,41)/b35-26+. The van der Waals surface area contributed by atoms with Gasteiger partial charge in [0.1, 0.15) is 24.2 Å². The monoisotopic (exact) mass is 706 g/mol. The molecular formula is C31H30N8O8S2. The molecule has 254 valence electrons. The van der Waals surface area contributed by atoms with Crippen LogP contribution in [-0.2, 0) is 37.9 Å². The minimum absolute atomic E-state index is 0.0970. The average molecular weight is 707 g/mol. The number of imidazole rings is 1. The number of sulfonamides is 2. The van der Waals surface area contributed by atoms with Gasteiger partial charge in [0.15, 0.2) is 5.71 Å². The maximum absolute atomic E-state index is 13.0. The van der Waals surface area contributed by atoms with Crippen LogP contribution in [0, 0.1) is 25.2 Å². The fourth-order valence-electron chi connectivity index (χ4n) is 4.09. The molecule has 5 amide bonds. The summed E-state index contributed by atoms with van der Waals surface area (Å²) >= 11 is 0. The van der Waals surface area contributed by atoms with Crippen molar-refractivity contribution in [2.24, 2.45) is 4.99 Å². The third-order valence-corrected chi connectivity index (χ3v) is 9.25.